The first-order valence-electron chi connectivity index (χ1n) is 33.8. The highest BCUT2D eigenvalue weighted by atomic mass is 79.9. The summed E-state index contributed by atoms with van der Waals surface area (Å²) in [4.78, 5) is 35.8. The highest BCUT2D eigenvalue weighted by molar-refractivity contribution is 9.10. The third kappa shape index (κ3) is 21.5. The van der Waals surface area contributed by atoms with E-state index in [1.807, 2.05) is 32.9 Å². The number of ether oxygens (including phenoxy) is 4. The Bertz CT molecular complexity index is 3330. The van der Waals surface area contributed by atoms with Crippen molar-refractivity contribution >= 4 is 49.8 Å². The van der Waals surface area contributed by atoms with Crippen LogP contribution < -0.4 is 4.74 Å². The van der Waals surface area contributed by atoms with E-state index in [0.29, 0.717) is 39.1 Å². The van der Waals surface area contributed by atoms with E-state index in [4.69, 9.17) is 18.9 Å². The number of hydrogen-bond donors (Lipinski definition) is 0. The van der Waals surface area contributed by atoms with Gasteiger partial charge >= 0.3 is 17.9 Å². The molecule has 0 aromatic heterocycles. The Balaban J connectivity index is 1.25. The molecule has 0 amide bonds. The molecule has 0 unspecified atom stereocenters. The molecular formula is C82H94Br2O7. The molecular weight excluding hydrogens is 1260 g/mol. The lowest BCUT2D eigenvalue weighted by Crippen LogP contribution is -2.03. The maximum Gasteiger partial charge on any atom is 0.305 e. The highest BCUT2D eigenvalue weighted by Gasteiger charge is 2.30. The van der Waals surface area contributed by atoms with Gasteiger partial charge in [-0.05, 0) is 210 Å². The summed E-state index contributed by atoms with van der Waals surface area (Å²) in [5.41, 5.74) is 20.1. The minimum Gasteiger partial charge on any atom is -0.497 e. The van der Waals surface area contributed by atoms with Gasteiger partial charge in [-0.25, -0.2) is 0 Å². The SMILES string of the molecule is CCOC(=O)CCCCCCCCc1ccc(-c2c(-c3ccc(Br)cc3)c(-c3ccc(-c4ccc(OC)cc4)cc3)c(-c3ccc(Br)cc3)c(-c3ccc(CCCCCCCCC(=O)OCC)cc3)c2-c2ccc(CCCCCCCCC(=O)OCC)cc2)cc1. The smallest absolute Gasteiger partial charge is 0.305 e. The van der Waals surface area contributed by atoms with Crippen molar-refractivity contribution in [3.05, 3.63) is 195 Å². The fraction of sp³-hybridized carbons (Fsp3) is 0.378. The molecule has 0 N–H and O–H groups in total. The maximum atomic E-state index is 11.9. The van der Waals surface area contributed by atoms with Gasteiger partial charge in [-0.3, -0.25) is 14.4 Å². The van der Waals surface area contributed by atoms with E-state index in [9.17, 15) is 14.4 Å². The normalized spacial score (nSPS) is 11.2. The van der Waals surface area contributed by atoms with Crippen LogP contribution in [0.25, 0.3) is 77.9 Å². The number of carbonyl (C=O) groups is 3. The van der Waals surface area contributed by atoms with Crippen molar-refractivity contribution in [2.75, 3.05) is 26.9 Å². The van der Waals surface area contributed by atoms with Crippen molar-refractivity contribution < 1.29 is 33.3 Å². The second-order valence-electron chi connectivity index (χ2n) is 23.9. The Hall–Kier alpha value is -7.07. The summed E-state index contributed by atoms with van der Waals surface area (Å²) in [6.45, 7) is 6.91. The Morgan fingerprint density at radius 1 is 0.275 bits per heavy atom. The van der Waals surface area contributed by atoms with Crippen molar-refractivity contribution in [1.29, 1.82) is 0 Å². The second-order valence-corrected chi connectivity index (χ2v) is 25.8. The quantitative estimate of drug-likeness (QED) is 0.0216. The summed E-state index contributed by atoms with van der Waals surface area (Å²) in [6, 6.07) is 63.7. The van der Waals surface area contributed by atoms with Crippen molar-refractivity contribution in [3.8, 4) is 83.6 Å². The zero-order valence-corrected chi connectivity index (χ0v) is 57.5. The minimum atomic E-state index is -0.0906. The first-order chi connectivity index (χ1) is 44.6. The van der Waals surface area contributed by atoms with E-state index in [0.717, 1.165) is 200 Å². The molecule has 0 heterocycles. The molecule has 478 valence electrons. The van der Waals surface area contributed by atoms with E-state index < -0.39 is 0 Å². The zero-order chi connectivity index (χ0) is 64.0. The molecule has 0 atom stereocenters. The summed E-state index contributed by atoms with van der Waals surface area (Å²) in [7, 11) is 1.71. The molecule has 8 aromatic rings. The average Bonchev–Trinajstić information content (AvgIpc) is 0.759. The Labute approximate surface area is 560 Å². The van der Waals surface area contributed by atoms with Crippen LogP contribution in [0.3, 0.4) is 0 Å². The molecule has 0 fully saturated rings. The van der Waals surface area contributed by atoms with Crippen LogP contribution in [0, 0.1) is 0 Å². The molecule has 8 rings (SSSR count). The zero-order valence-electron chi connectivity index (χ0n) is 54.4. The monoisotopic (exact) mass is 1350 g/mol. The third-order valence-corrected chi connectivity index (χ3v) is 18.4. The van der Waals surface area contributed by atoms with Gasteiger partial charge in [0.25, 0.3) is 0 Å². The van der Waals surface area contributed by atoms with Crippen molar-refractivity contribution in [2.45, 2.75) is 175 Å². The van der Waals surface area contributed by atoms with Gasteiger partial charge < -0.3 is 18.9 Å². The molecule has 8 aromatic carbocycles. The van der Waals surface area contributed by atoms with Gasteiger partial charge in [0.15, 0.2) is 0 Å². The van der Waals surface area contributed by atoms with E-state index >= 15 is 0 Å². The first kappa shape index (κ1) is 69.8. The lowest BCUT2D eigenvalue weighted by molar-refractivity contribution is -0.144. The number of halogens is 2. The standard InChI is InChI=1S/C82H94Br2O7/c1-5-89-74(85)29-23-17-11-8-14-20-26-60-32-38-65(39-33-60)77-78(66-40-34-61(35-41-66)27-21-15-9-12-18-24-30-75(86)90-6-2)81(69-48-54-71(83)55-49-69)80(68-46-44-63(45-47-68)64-52-58-73(88-4)59-53-64)82(70-50-56-72(84)57-51-70)79(77)67-42-36-62(37-43-67)28-22-16-10-13-19-25-31-76(87)91-7-3/h32-59H,5-31H2,1-4H3. The van der Waals surface area contributed by atoms with E-state index in [1.165, 1.54) is 44.5 Å². The highest BCUT2D eigenvalue weighted by Crippen LogP contribution is 2.56. The minimum absolute atomic E-state index is 0.0904. The van der Waals surface area contributed by atoms with Crippen LogP contribution in [0.1, 0.15) is 172 Å². The largest absolute Gasteiger partial charge is 0.497 e. The van der Waals surface area contributed by atoms with Gasteiger partial charge in [-0.1, -0.05) is 242 Å². The number of carbonyl (C=O) groups excluding carboxylic acids is 3. The summed E-state index contributed by atoms with van der Waals surface area (Å²) < 4.78 is 23.1. The van der Waals surface area contributed by atoms with Gasteiger partial charge in [-0.2, -0.15) is 0 Å². The molecule has 0 saturated carbocycles. The van der Waals surface area contributed by atoms with Gasteiger partial charge in [0, 0.05) is 28.2 Å². The second kappa shape index (κ2) is 38.1. The Kier molecular flexibility index (Phi) is 29.2. The van der Waals surface area contributed by atoms with Crippen molar-refractivity contribution in [1.82, 2.24) is 0 Å². The van der Waals surface area contributed by atoms with Crippen LogP contribution in [0.15, 0.2) is 179 Å². The predicted molar refractivity (Wildman–Crippen MR) is 384 cm³/mol. The van der Waals surface area contributed by atoms with Crippen LogP contribution in [0.2, 0.25) is 0 Å². The summed E-state index contributed by atoms with van der Waals surface area (Å²) in [6.07, 6.45) is 23.9. The molecule has 0 saturated heterocycles. The fourth-order valence-electron chi connectivity index (χ4n) is 12.5. The lowest BCUT2D eigenvalue weighted by atomic mass is 9.74. The molecule has 9 heteroatoms. The first-order valence-corrected chi connectivity index (χ1v) is 35.4. The number of hydrogen-bond acceptors (Lipinski definition) is 7. The summed E-state index contributed by atoms with van der Waals surface area (Å²) in [5.74, 6) is 0.555. The maximum absolute atomic E-state index is 11.9. The fourth-order valence-corrected chi connectivity index (χ4v) is 13.0. The number of methoxy groups -OCH3 is 1. The molecule has 7 nitrogen and oxygen atoms in total. The number of unbranched alkanes of at least 4 members (excludes halogenated alkanes) is 15. The topological polar surface area (TPSA) is 88.1 Å². The molecule has 0 radical (unpaired) electrons. The van der Waals surface area contributed by atoms with Gasteiger partial charge in [0.05, 0.1) is 26.9 Å². The molecule has 0 bridgehead atoms. The lowest BCUT2D eigenvalue weighted by Gasteiger charge is -2.29. The number of esters is 3. The number of rotatable bonds is 38. The molecule has 0 spiro atoms. The molecule has 91 heavy (non-hydrogen) atoms. The van der Waals surface area contributed by atoms with E-state index in [2.05, 4.69) is 190 Å². The van der Waals surface area contributed by atoms with E-state index in [1.54, 1.807) is 7.11 Å². The average molecular weight is 1350 g/mol. The molecule has 0 aliphatic rings. The van der Waals surface area contributed by atoms with Gasteiger partial charge in [0.2, 0.25) is 0 Å². The number of aryl methyl sites for hydroxylation is 3. The van der Waals surface area contributed by atoms with Gasteiger partial charge in [0.1, 0.15) is 5.75 Å². The predicted octanol–water partition coefficient (Wildman–Crippen LogP) is 23.4. The molecule has 0 aliphatic carbocycles. The summed E-state index contributed by atoms with van der Waals surface area (Å²) >= 11 is 7.67. The van der Waals surface area contributed by atoms with Crippen LogP contribution in [0.5, 0.6) is 5.75 Å². The van der Waals surface area contributed by atoms with Crippen molar-refractivity contribution in [3.63, 3.8) is 0 Å². The van der Waals surface area contributed by atoms with E-state index in [-0.39, 0.29) is 17.9 Å². The van der Waals surface area contributed by atoms with Crippen LogP contribution >= 0.6 is 31.9 Å². The van der Waals surface area contributed by atoms with Crippen LogP contribution in [-0.2, 0) is 47.9 Å². The van der Waals surface area contributed by atoms with Crippen molar-refractivity contribution in [2.24, 2.45) is 0 Å². The summed E-state index contributed by atoms with van der Waals surface area (Å²) in [5, 5.41) is 0. The Morgan fingerprint density at radius 3 is 0.736 bits per heavy atom. The number of benzene rings is 8. The Morgan fingerprint density at radius 2 is 0.484 bits per heavy atom. The van der Waals surface area contributed by atoms with Crippen LogP contribution in [-0.4, -0.2) is 44.8 Å². The van der Waals surface area contributed by atoms with Gasteiger partial charge in [-0.15, -0.1) is 0 Å². The third-order valence-electron chi connectivity index (χ3n) is 17.3. The molecule has 0 aliphatic heterocycles. The van der Waals surface area contributed by atoms with Crippen LogP contribution in [0.4, 0.5) is 0 Å².